The summed E-state index contributed by atoms with van der Waals surface area (Å²) in [5.74, 6) is -2.79. The molecule has 1 aromatic carbocycles. The van der Waals surface area contributed by atoms with Crippen LogP contribution < -0.4 is 5.32 Å². The lowest BCUT2D eigenvalue weighted by Crippen LogP contribution is -2.16. The Morgan fingerprint density at radius 2 is 1.91 bits per heavy atom. The molecule has 0 aliphatic rings. The predicted octanol–water partition coefficient (Wildman–Crippen LogP) is 3.08. The Labute approximate surface area is 126 Å². The van der Waals surface area contributed by atoms with Crippen LogP contribution in [-0.4, -0.2) is 27.9 Å². The molecule has 1 unspecified atom stereocenters. The Bertz CT molecular complexity index is 684. The van der Waals surface area contributed by atoms with Gasteiger partial charge in [-0.3, -0.25) is 0 Å². The van der Waals surface area contributed by atoms with Crippen LogP contribution in [0, 0.1) is 0 Å². The van der Waals surface area contributed by atoms with Gasteiger partial charge < -0.3 is 14.5 Å². The van der Waals surface area contributed by atoms with Crippen molar-refractivity contribution in [3.63, 3.8) is 0 Å². The minimum atomic E-state index is -4.58. The summed E-state index contributed by atoms with van der Waals surface area (Å²) in [6.07, 6.45) is 1.53. The van der Waals surface area contributed by atoms with E-state index in [2.05, 4.69) is 5.32 Å². The van der Waals surface area contributed by atoms with E-state index in [0.29, 0.717) is 18.1 Å². The van der Waals surface area contributed by atoms with Gasteiger partial charge in [0.05, 0.1) is 17.8 Å². The maximum Gasteiger partial charge on any atom is 0.341 e. The van der Waals surface area contributed by atoms with Crippen LogP contribution in [0.15, 0.2) is 52.0 Å². The number of nitrogens with one attached hydrogen (secondary N) is 1. The third kappa shape index (κ3) is 3.63. The van der Waals surface area contributed by atoms with E-state index in [0.717, 1.165) is 12.1 Å². The maximum absolute atomic E-state index is 12.5. The normalized spacial score (nSPS) is 13.3. The van der Waals surface area contributed by atoms with Gasteiger partial charge in [0.2, 0.25) is 9.84 Å². The van der Waals surface area contributed by atoms with Crippen molar-refractivity contribution in [2.24, 2.45) is 0 Å². The molecule has 8 heteroatoms. The standard InChI is InChI=1S/C14H15F2NO4S/c1-20-9-12(13-3-2-8-21-13)17-10-4-6-11(7-5-10)22(18,19)14(15)16/h2-8,12,14,17H,9H2,1H3. The molecular formula is C14H15F2NO4S. The van der Waals surface area contributed by atoms with Crippen molar-refractivity contribution in [2.45, 2.75) is 16.7 Å². The number of hydrogen-bond donors (Lipinski definition) is 1. The third-order valence-electron chi connectivity index (χ3n) is 2.98. The number of benzene rings is 1. The summed E-state index contributed by atoms with van der Waals surface area (Å²) in [6.45, 7) is 0.324. The van der Waals surface area contributed by atoms with Crippen LogP contribution in [0.5, 0.6) is 0 Å². The number of alkyl halides is 2. The quantitative estimate of drug-likeness (QED) is 0.844. The highest BCUT2D eigenvalue weighted by molar-refractivity contribution is 7.91. The van der Waals surface area contributed by atoms with E-state index in [1.165, 1.54) is 25.5 Å². The van der Waals surface area contributed by atoms with E-state index in [-0.39, 0.29) is 6.04 Å². The summed E-state index contributed by atoms with van der Waals surface area (Å²) in [5, 5.41) is 3.09. The zero-order valence-corrected chi connectivity index (χ0v) is 12.5. The fraction of sp³-hybridized carbons (Fsp3) is 0.286. The van der Waals surface area contributed by atoms with Crippen molar-refractivity contribution in [1.82, 2.24) is 0 Å². The number of halogens is 2. The van der Waals surface area contributed by atoms with Crippen molar-refractivity contribution in [3.8, 4) is 0 Å². The van der Waals surface area contributed by atoms with Crippen molar-refractivity contribution in [2.75, 3.05) is 19.0 Å². The number of furan rings is 1. The van der Waals surface area contributed by atoms with Crippen molar-refractivity contribution < 1.29 is 26.4 Å². The molecule has 120 valence electrons. The average molecular weight is 331 g/mol. The molecule has 22 heavy (non-hydrogen) atoms. The van der Waals surface area contributed by atoms with E-state index in [9.17, 15) is 17.2 Å². The number of ether oxygens (including phenoxy) is 1. The topological polar surface area (TPSA) is 68.5 Å². The molecule has 0 fully saturated rings. The lowest BCUT2D eigenvalue weighted by atomic mass is 10.2. The van der Waals surface area contributed by atoms with Gasteiger partial charge in [-0.25, -0.2) is 8.42 Å². The second-order valence-corrected chi connectivity index (χ2v) is 6.42. The number of anilines is 1. The Kier molecular flexibility index (Phi) is 5.15. The molecule has 1 aromatic heterocycles. The smallest absolute Gasteiger partial charge is 0.341 e. The SMILES string of the molecule is COCC(Nc1ccc(S(=O)(=O)C(F)F)cc1)c1ccco1. The highest BCUT2D eigenvalue weighted by atomic mass is 32.2. The maximum atomic E-state index is 12.5. The summed E-state index contributed by atoms with van der Waals surface area (Å²) in [4.78, 5) is -0.422. The van der Waals surface area contributed by atoms with E-state index in [1.54, 1.807) is 12.1 Å². The molecule has 2 rings (SSSR count). The van der Waals surface area contributed by atoms with Crippen LogP contribution in [0.2, 0.25) is 0 Å². The van der Waals surface area contributed by atoms with Gasteiger partial charge in [0.15, 0.2) is 0 Å². The van der Waals surface area contributed by atoms with E-state index in [1.807, 2.05) is 0 Å². The first-order chi connectivity index (χ1) is 10.4. The molecule has 5 nitrogen and oxygen atoms in total. The second kappa shape index (κ2) is 6.89. The molecule has 0 spiro atoms. The number of hydrogen-bond acceptors (Lipinski definition) is 5. The Morgan fingerprint density at radius 3 is 2.41 bits per heavy atom. The van der Waals surface area contributed by atoms with Gasteiger partial charge in [0.25, 0.3) is 0 Å². The largest absolute Gasteiger partial charge is 0.467 e. The van der Waals surface area contributed by atoms with Gasteiger partial charge in [-0.05, 0) is 36.4 Å². The lowest BCUT2D eigenvalue weighted by Gasteiger charge is -2.17. The second-order valence-electron chi connectivity index (χ2n) is 4.50. The average Bonchev–Trinajstić information content (AvgIpc) is 3.01. The summed E-state index contributed by atoms with van der Waals surface area (Å²) >= 11 is 0. The van der Waals surface area contributed by atoms with Crippen LogP contribution in [-0.2, 0) is 14.6 Å². The Morgan fingerprint density at radius 1 is 1.23 bits per heavy atom. The monoisotopic (exact) mass is 331 g/mol. The van der Waals surface area contributed by atoms with Crippen molar-refractivity contribution in [3.05, 3.63) is 48.4 Å². The van der Waals surface area contributed by atoms with Gasteiger partial charge in [-0.2, -0.15) is 8.78 Å². The van der Waals surface area contributed by atoms with Crippen LogP contribution in [0.3, 0.4) is 0 Å². The van der Waals surface area contributed by atoms with Crippen LogP contribution in [0.4, 0.5) is 14.5 Å². The Balaban J connectivity index is 2.16. The van der Waals surface area contributed by atoms with Crippen molar-refractivity contribution >= 4 is 15.5 Å². The number of methoxy groups -OCH3 is 1. The first kappa shape index (κ1) is 16.4. The molecule has 1 N–H and O–H groups in total. The Hall–Kier alpha value is -1.93. The van der Waals surface area contributed by atoms with Gasteiger partial charge >= 0.3 is 5.76 Å². The van der Waals surface area contributed by atoms with Gasteiger partial charge in [-0.1, -0.05) is 0 Å². The summed E-state index contributed by atoms with van der Waals surface area (Å²) in [7, 11) is -3.04. The zero-order chi connectivity index (χ0) is 16.2. The summed E-state index contributed by atoms with van der Waals surface area (Å²) in [6, 6.07) is 8.33. The van der Waals surface area contributed by atoms with E-state index >= 15 is 0 Å². The van der Waals surface area contributed by atoms with E-state index in [4.69, 9.17) is 9.15 Å². The van der Waals surface area contributed by atoms with Gasteiger partial charge in [-0.15, -0.1) is 0 Å². The first-order valence-corrected chi connectivity index (χ1v) is 7.90. The molecule has 0 saturated heterocycles. The molecule has 0 aliphatic carbocycles. The predicted molar refractivity (Wildman–Crippen MR) is 76.6 cm³/mol. The van der Waals surface area contributed by atoms with Crippen LogP contribution >= 0.6 is 0 Å². The number of rotatable bonds is 7. The minimum absolute atomic E-state index is 0.280. The minimum Gasteiger partial charge on any atom is -0.467 e. The molecule has 0 saturated carbocycles. The highest BCUT2D eigenvalue weighted by Crippen LogP contribution is 2.24. The summed E-state index contributed by atoms with van der Waals surface area (Å²) in [5.41, 5.74) is 0.562. The van der Waals surface area contributed by atoms with Gasteiger partial charge in [0.1, 0.15) is 11.8 Å². The molecule has 0 amide bonds. The van der Waals surface area contributed by atoms with E-state index < -0.39 is 20.5 Å². The molecule has 2 aromatic rings. The molecule has 0 aliphatic heterocycles. The molecule has 0 radical (unpaired) electrons. The zero-order valence-electron chi connectivity index (χ0n) is 11.7. The van der Waals surface area contributed by atoms with Gasteiger partial charge in [0, 0.05) is 12.8 Å². The van der Waals surface area contributed by atoms with Crippen molar-refractivity contribution in [1.29, 1.82) is 0 Å². The molecule has 1 atom stereocenters. The van der Waals surface area contributed by atoms with Crippen LogP contribution in [0.1, 0.15) is 11.8 Å². The number of sulfone groups is 1. The highest BCUT2D eigenvalue weighted by Gasteiger charge is 2.26. The lowest BCUT2D eigenvalue weighted by molar-refractivity contribution is 0.179. The molecular weight excluding hydrogens is 316 g/mol. The third-order valence-corrected chi connectivity index (χ3v) is 4.38. The van der Waals surface area contributed by atoms with Crippen LogP contribution in [0.25, 0.3) is 0 Å². The molecule has 1 heterocycles. The molecule has 0 bridgehead atoms. The fourth-order valence-electron chi connectivity index (χ4n) is 1.90. The fourth-order valence-corrected chi connectivity index (χ4v) is 2.62. The first-order valence-electron chi connectivity index (χ1n) is 6.36. The summed E-state index contributed by atoms with van der Waals surface area (Å²) < 4.78 is 58.0.